The minimum Gasteiger partial charge on any atom is -0.489 e. The van der Waals surface area contributed by atoms with Crippen molar-refractivity contribution in [1.82, 2.24) is 0 Å². The summed E-state index contributed by atoms with van der Waals surface area (Å²) in [6.07, 6.45) is 3.34. The maximum atomic E-state index is 12.2. The van der Waals surface area contributed by atoms with Crippen LogP contribution in [0, 0.1) is 13.8 Å². The van der Waals surface area contributed by atoms with Gasteiger partial charge in [-0.1, -0.05) is 54.6 Å². The van der Waals surface area contributed by atoms with Gasteiger partial charge in [0.05, 0.1) is 0 Å². The number of ether oxygens (including phenoxy) is 1. The van der Waals surface area contributed by atoms with Gasteiger partial charge in [0.2, 0.25) is 5.91 Å². The number of anilines is 1. The second-order valence-electron chi connectivity index (χ2n) is 6.48. The van der Waals surface area contributed by atoms with Gasteiger partial charge in [0.15, 0.2) is 0 Å². The summed E-state index contributed by atoms with van der Waals surface area (Å²) in [6.45, 7) is 4.52. The van der Waals surface area contributed by atoms with Crippen molar-refractivity contribution in [3.63, 3.8) is 0 Å². The SMILES string of the molecule is Cc1ccc(C)c(NC(=O)C=Cc2ccc(OCc3ccccc3)cc2)c1. The Morgan fingerprint density at radius 3 is 2.44 bits per heavy atom. The Labute approximate surface area is 160 Å². The molecule has 0 bridgehead atoms. The zero-order valence-corrected chi connectivity index (χ0v) is 15.6. The lowest BCUT2D eigenvalue weighted by Gasteiger charge is -2.07. The molecule has 3 heteroatoms. The zero-order valence-electron chi connectivity index (χ0n) is 15.6. The number of hydrogen-bond donors (Lipinski definition) is 1. The van der Waals surface area contributed by atoms with Crippen molar-refractivity contribution in [2.24, 2.45) is 0 Å². The van der Waals surface area contributed by atoms with Gasteiger partial charge < -0.3 is 10.1 Å². The molecule has 0 aliphatic heterocycles. The van der Waals surface area contributed by atoms with E-state index in [2.05, 4.69) is 5.32 Å². The van der Waals surface area contributed by atoms with E-state index in [1.54, 1.807) is 12.2 Å². The normalized spacial score (nSPS) is 10.7. The van der Waals surface area contributed by atoms with Crippen molar-refractivity contribution < 1.29 is 9.53 Å². The van der Waals surface area contributed by atoms with Crippen LogP contribution >= 0.6 is 0 Å². The number of aryl methyl sites for hydroxylation is 2. The van der Waals surface area contributed by atoms with Crippen LogP contribution in [0.4, 0.5) is 5.69 Å². The number of hydrogen-bond acceptors (Lipinski definition) is 2. The highest BCUT2D eigenvalue weighted by molar-refractivity contribution is 6.02. The molecule has 0 aromatic heterocycles. The predicted molar refractivity (Wildman–Crippen MR) is 111 cm³/mol. The molecule has 0 atom stereocenters. The topological polar surface area (TPSA) is 38.3 Å². The van der Waals surface area contributed by atoms with Gasteiger partial charge in [-0.2, -0.15) is 0 Å². The molecule has 0 aliphatic carbocycles. The molecule has 1 N–H and O–H groups in total. The molecule has 0 saturated heterocycles. The molecule has 136 valence electrons. The molecule has 0 fully saturated rings. The molecule has 3 aromatic carbocycles. The second-order valence-corrected chi connectivity index (χ2v) is 6.48. The van der Waals surface area contributed by atoms with Crippen LogP contribution in [0.1, 0.15) is 22.3 Å². The fraction of sp³-hybridized carbons (Fsp3) is 0.125. The minimum absolute atomic E-state index is 0.145. The van der Waals surface area contributed by atoms with Crippen molar-refractivity contribution in [3.05, 3.63) is 101 Å². The van der Waals surface area contributed by atoms with E-state index in [1.807, 2.05) is 86.6 Å². The average molecular weight is 357 g/mol. The van der Waals surface area contributed by atoms with E-state index in [1.165, 1.54) is 0 Å². The van der Waals surface area contributed by atoms with Gasteiger partial charge in [-0.3, -0.25) is 4.79 Å². The molecular weight excluding hydrogens is 334 g/mol. The van der Waals surface area contributed by atoms with Crippen molar-refractivity contribution in [1.29, 1.82) is 0 Å². The summed E-state index contributed by atoms with van der Waals surface area (Å²) in [5.41, 5.74) is 5.07. The van der Waals surface area contributed by atoms with E-state index in [-0.39, 0.29) is 5.91 Å². The fourth-order valence-electron chi connectivity index (χ4n) is 2.63. The van der Waals surface area contributed by atoms with Gasteiger partial charge in [-0.05, 0) is 60.4 Å². The fourth-order valence-corrected chi connectivity index (χ4v) is 2.63. The van der Waals surface area contributed by atoms with Crippen LogP contribution in [0.15, 0.2) is 78.9 Å². The Bertz CT molecular complexity index is 928. The van der Waals surface area contributed by atoms with Gasteiger partial charge in [0, 0.05) is 11.8 Å². The standard InChI is InChI=1S/C24H23NO2/c1-18-8-9-19(2)23(16-18)25-24(26)15-12-20-10-13-22(14-11-20)27-17-21-6-4-3-5-7-21/h3-16H,17H2,1-2H3,(H,25,26). The molecule has 0 saturated carbocycles. The minimum atomic E-state index is -0.145. The lowest BCUT2D eigenvalue weighted by Crippen LogP contribution is -2.09. The van der Waals surface area contributed by atoms with Crippen LogP contribution in [-0.4, -0.2) is 5.91 Å². The van der Waals surface area contributed by atoms with E-state index >= 15 is 0 Å². The van der Waals surface area contributed by atoms with Gasteiger partial charge in [-0.25, -0.2) is 0 Å². The first-order chi connectivity index (χ1) is 13.1. The first kappa shape index (κ1) is 18.5. The molecule has 0 aliphatic rings. The summed E-state index contributed by atoms with van der Waals surface area (Å²) < 4.78 is 5.77. The van der Waals surface area contributed by atoms with Gasteiger partial charge in [0.25, 0.3) is 0 Å². The Hall–Kier alpha value is -3.33. The highest BCUT2D eigenvalue weighted by Gasteiger charge is 2.02. The first-order valence-corrected chi connectivity index (χ1v) is 8.93. The summed E-state index contributed by atoms with van der Waals surface area (Å²) in [5.74, 6) is 0.656. The smallest absolute Gasteiger partial charge is 0.248 e. The van der Waals surface area contributed by atoms with Crippen LogP contribution in [0.3, 0.4) is 0 Å². The van der Waals surface area contributed by atoms with Crippen LogP contribution in [0.25, 0.3) is 6.08 Å². The molecule has 3 rings (SSSR count). The van der Waals surface area contributed by atoms with Crippen LogP contribution < -0.4 is 10.1 Å². The monoisotopic (exact) mass is 357 g/mol. The third-order valence-corrected chi connectivity index (χ3v) is 4.21. The summed E-state index contributed by atoms with van der Waals surface area (Å²) in [6, 6.07) is 23.7. The molecule has 3 nitrogen and oxygen atoms in total. The van der Waals surface area contributed by atoms with E-state index < -0.39 is 0 Å². The number of rotatable bonds is 6. The van der Waals surface area contributed by atoms with Gasteiger partial charge >= 0.3 is 0 Å². The molecule has 1 amide bonds. The van der Waals surface area contributed by atoms with Crippen molar-refractivity contribution in [3.8, 4) is 5.75 Å². The van der Waals surface area contributed by atoms with Crippen molar-refractivity contribution in [2.75, 3.05) is 5.32 Å². The Balaban J connectivity index is 1.55. The maximum Gasteiger partial charge on any atom is 0.248 e. The quantitative estimate of drug-likeness (QED) is 0.589. The molecule has 0 radical (unpaired) electrons. The lowest BCUT2D eigenvalue weighted by atomic mass is 10.1. The third-order valence-electron chi connectivity index (χ3n) is 4.21. The number of carbonyl (C=O) groups excluding carboxylic acids is 1. The highest BCUT2D eigenvalue weighted by atomic mass is 16.5. The van der Waals surface area contributed by atoms with E-state index in [4.69, 9.17) is 4.74 Å². The Kier molecular flexibility index (Phi) is 6.06. The van der Waals surface area contributed by atoms with E-state index in [9.17, 15) is 4.79 Å². The first-order valence-electron chi connectivity index (χ1n) is 8.93. The number of amides is 1. The molecule has 27 heavy (non-hydrogen) atoms. The molecule has 0 heterocycles. The summed E-state index contributed by atoms with van der Waals surface area (Å²) in [5, 5.41) is 2.92. The van der Waals surface area contributed by atoms with Crippen LogP contribution in [0.5, 0.6) is 5.75 Å². The summed E-state index contributed by atoms with van der Waals surface area (Å²) in [7, 11) is 0. The molecule has 0 spiro atoms. The number of benzene rings is 3. The Morgan fingerprint density at radius 2 is 1.70 bits per heavy atom. The number of nitrogens with one attached hydrogen (secondary N) is 1. The average Bonchev–Trinajstić information content (AvgIpc) is 2.69. The van der Waals surface area contributed by atoms with E-state index in [0.717, 1.165) is 33.7 Å². The van der Waals surface area contributed by atoms with Crippen LogP contribution in [-0.2, 0) is 11.4 Å². The zero-order chi connectivity index (χ0) is 19.1. The largest absolute Gasteiger partial charge is 0.489 e. The van der Waals surface area contributed by atoms with Crippen molar-refractivity contribution in [2.45, 2.75) is 20.5 Å². The van der Waals surface area contributed by atoms with Gasteiger partial charge in [0.1, 0.15) is 12.4 Å². The summed E-state index contributed by atoms with van der Waals surface area (Å²) in [4.78, 5) is 12.2. The van der Waals surface area contributed by atoms with E-state index in [0.29, 0.717) is 6.61 Å². The lowest BCUT2D eigenvalue weighted by molar-refractivity contribution is -0.111. The maximum absolute atomic E-state index is 12.2. The third kappa shape index (κ3) is 5.58. The second kappa shape index (κ2) is 8.86. The predicted octanol–water partition coefficient (Wildman–Crippen LogP) is 5.53. The highest BCUT2D eigenvalue weighted by Crippen LogP contribution is 2.17. The molecule has 0 unspecified atom stereocenters. The number of carbonyl (C=O) groups is 1. The van der Waals surface area contributed by atoms with Crippen molar-refractivity contribution >= 4 is 17.7 Å². The van der Waals surface area contributed by atoms with Crippen LogP contribution in [0.2, 0.25) is 0 Å². The summed E-state index contributed by atoms with van der Waals surface area (Å²) >= 11 is 0. The molecular formula is C24H23NO2. The van der Waals surface area contributed by atoms with Gasteiger partial charge in [-0.15, -0.1) is 0 Å². The molecule has 3 aromatic rings. The Morgan fingerprint density at radius 1 is 0.963 bits per heavy atom.